The van der Waals surface area contributed by atoms with Crippen LogP contribution >= 0.6 is 0 Å². The van der Waals surface area contributed by atoms with Gasteiger partial charge in [0.1, 0.15) is 0 Å². The van der Waals surface area contributed by atoms with E-state index in [9.17, 15) is 14.5 Å². The van der Waals surface area contributed by atoms with Crippen LogP contribution in [0.5, 0.6) is 0 Å². The molecule has 0 fully saturated rings. The number of rotatable bonds is 3. The fourth-order valence-electron chi connectivity index (χ4n) is 2.23. The number of hydrogen-bond donors (Lipinski definition) is 0. The Kier molecular flexibility index (Phi) is 3.46. The SMILES string of the molecule is COC(=O)[C@H]1c2ccccc2[C@H](C(=O)OC)N1N=O. The summed E-state index contributed by atoms with van der Waals surface area (Å²) < 4.78 is 9.31. The molecule has 0 saturated carbocycles. The van der Waals surface area contributed by atoms with Crippen molar-refractivity contribution in [2.45, 2.75) is 12.1 Å². The number of hydrogen-bond acceptors (Lipinski definition) is 6. The molecule has 1 aliphatic rings. The molecule has 0 N–H and O–H groups in total. The van der Waals surface area contributed by atoms with E-state index in [1.807, 2.05) is 0 Å². The molecule has 100 valence electrons. The van der Waals surface area contributed by atoms with E-state index in [0.717, 1.165) is 5.01 Å². The number of nitroso groups, excluding NO2 is 1. The topological polar surface area (TPSA) is 85.3 Å². The molecule has 1 aliphatic heterocycles. The van der Waals surface area contributed by atoms with E-state index >= 15 is 0 Å². The number of benzene rings is 1. The Balaban J connectivity index is 2.56. The average Bonchev–Trinajstić information content (AvgIpc) is 2.79. The minimum Gasteiger partial charge on any atom is -0.467 e. The molecule has 0 amide bonds. The highest BCUT2D eigenvalue weighted by Gasteiger charge is 2.47. The van der Waals surface area contributed by atoms with Crippen molar-refractivity contribution >= 4 is 11.9 Å². The minimum atomic E-state index is -1.03. The van der Waals surface area contributed by atoms with Crippen LogP contribution in [0.2, 0.25) is 0 Å². The standard InChI is InChI=1S/C12H12N2O5/c1-18-11(15)9-7-5-3-4-6-8(7)10(12(16)19-2)14(9)13-17/h3-6,9-10H,1-2H3/t9-,10-/m1/s1. The Bertz CT molecular complexity index is 488. The molecule has 2 rings (SSSR count). The highest BCUT2D eigenvalue weighted by molar-refractivity contribution is 5.85. The number of esters is 2. The monoisotopic (exact) mass is 264 g/mol. The molecule has 0 aromatic heterocycles. The molecular weight excluding hydrogens is 252 g/mol. The number of ether oxygens (including phenoxy) is 2. The molecule has 0 unspecified atom stereocenters. The lowest BCUT2D eigenvalue weighted by Crippen LogP contribution is -2.31. The van der Waals surface area contributed by atoms with Crippen LogP contribution in [0.15, 0.2) is 29.6 Å². The summed E-state index contributed by atoms with van der Waals surface area (Å²) in [6, 6.07) is 4.66. The maximum atomic E-state index is 11.8. The van der Waals surface area contributed by atoms with Gasteiger partial charge < -0.3 is 9.47 Å². The first-order chi connectivity index (χ1) is 9.15. The molecule has 7 heteroatoms. The van der Waals surface area contributed by atoms with Crippen LogP contribution in [0, 0.1) is 4.91 Å². The first kappa shape index (κ1) is 13.0. The van der Waals surface area contributed by atoms with Crippen molar-refractivity contribution in [2.24, 2.45) is 5.29 Å². The van der Waals surface area contributed by atoms with E-state index in [1.54, 1.807) is 24.3 Å². The minimum absolute atomic E-state index is 0.518. The van der Waals surface area contributed by atoms with Gasteiger partial charge in [-0.2, -0.15) is 0 Å². The Morgan fingerprint density at radius 2 is 1.47 bits per heavy atom. The van der Waals surface area contributed by atoms with Crippen LogP contribution in [0.4, 0.5) is 0 Å². The predicted octanol–water partition coefficient (Wildman–Crippen LogP) is 1.11. The summed E-state index contributed by atoms with van der Waals surface area (Å²) in [5.74, 6) is -1.31. The molecule has 0 spiro atoms. The van der Waals surface area contributed by atoms with Gasteiger partial charge in [0.2, 0.25) is 0 Å². The van der Waals surface area contributed by atoms with E-state index in [1.165, 1.54) is 14.2 Å². The van der Waals surface area contributed by atoms with Gasteiger partial charge >= 0.3 is 11.9 Å². The van der Waals surface area contributed by atoms with Crippen molar-refractivity contribution in [2.75, 3.05) is 14.2 Å². The fraction of sp³-hybridized carbons (Fsp3) is 0.333. The van der Waals surface area contributed by atoms with Gasteiger partial charge in [-0.15, -0.1) is 4.91 Å². The van der Waals surface area contributed by atoms with Gasteiger partial charge in [-0.25, -0.2) is 14.6 Å². The highest BCUT2D eigenvalue weighted by atomic mass is 16.5. The Morgan fingerprint density at radius 3 is 1.79 bits per heavy atom. The van der Waals surface area contributed by atoms with Crippen molar-refractivity contribution in [3.8, 4) is 0 Å². The molecule has 19 heavy (non-hydrogen) atoms. The Hall–Kier alpha value is -2.44. The average molecular weight is 264 g/mol. The summed E-state index contributed by atoms with van der Waals surface area (Å²) in [6.45, 7) is 0. The number of carbonyl (C=O) groups is 2. The van der Waals surface area contributed by atoms with Crippen molar-refractivity contribution in [1.82, 2.24) is 5.01 Å². The fourth-order valence-corrected chi connectivity index (χ4v) is 2.23. The lowest BCUT2D eigenvalue weighted by Gasteiger charge is -2.20. The summed E-state index contributed by atoms with van der Waals surface area (Å²) in [6.07, 6.45) is 0. The first-order valence-electron chi connectivity index (χ1n) is 5.51. The molecular formula is C12H12N2O5. The zero-order valence-electron chi connectivity index (χ0n) is 10.4. The van der Waals surface area contributed by atoms with Gasteiger partial charge in [-0.3, -0.25) is 0 Å². The Labute approximate surface area is 109 Å². The van der Waals surface area contributed by atoms with Gasteiger partial charge in [0.05, 0.1) is 19.5 Å². The van der Waals surface area contributed by atoms with E-state index < -0.39 is 24.0 Å². The molecule has 0 aliphatic carbocycles. The van der Waals surface area contributed by atoms with Crippen LogP contribution in [0.3, 0.4) is 0 Å². The number of methoxy groups -OCH3 is 2. The second kappa shape index (κ2) is 5.05. The van der Waals surface area contributed by atoms with Crippen LogP contribution in [-0.4, -0.2) is 31.2 Å². The first-order valence-corrected chi connectivity index (χ1v) is 5.51. The van der Waals surface area contributed by atoms with E-state index in [-0.39, 0.29) is 0 Å². The molecule has 2 atom stereocenters. The summed E-state index contributed by atoms with van der Waals surface area (Å²) in [7, 11) is 2.42. The molecule has 0 bridgehead atoms. The van der Waals surface area contributed by atoms with Gasteiger partial charge in [-0.1, -0.05) is 24.3 Å². The zero-order chi connectivity index (χ0) is 14.0. The van der Waals surface area contributed by atoms with Crippen LogP contribution < -0.4 is 0 Å². The molecule has 0 radical (unpaired) electrons. The molecule has 1 heterocycles. The summed E-state index contributed by atoms with van der Waals surface area (Å²) in [5, 5.41) is 3.65. The summed E-state index contributed by atoms with van der Waals surface area (Å²) in [5.41, 5.74) is 1.04. The molecule has 1 aromatic rings. The van der Waals surface area contributed by atoms with Gasteiger partial charge in [-0.05, 0) is 11.1 Å². The zero-order valence-corrected chi connectivity index (χ0v) is 10.4. The van der Waals surface area contributed by atoms with Crippen molar-refractivity contribution in [3.63, 3.8) is 0 Å². The number of fused-ring (bicyclic) bond motifs is 1. The third-order valence-electron chi connectivity index (χ3n) is 3.06. The highest BCUT2D eigenvalue weighted by Crippen LogP contribution is 2.43. The quantitative estimate of drug-likeness (QED) is 0.600. The van der Waals surface area contributed by atoms with Gasteiger partial charge in [0.25, 0.3) is 0 Å². The van der Waals surface area contributed by atoms with E-state index in [0.29, 0.717) is 11.1 Å². The normalized spacial score (nSPS) is 20.6. The van der Waals surface area contributed by atoms with Crippen LogP contribution in [0.25, 0.3) is 0 Å². The number of carbonyl (C=O) groups excluding carboxylic acids is 2. The predicted molar refractivity (Wildman–Crippen MR) is 63.6 cm³/mol. The molecule has 1 aromatic carbocycles. The molecule has 7 nitrogen and oxygen atoms in total. The maximum absolute atomic E-state index is 11.8. The largest absolute Gasteiger partial charge is 0.467 e. The summed E-state index contributed by atoms with van der Waals surface area (Å²) >= 11 is 0. The number of nitrogens with zero attached hydrogens (tertiary/aromatic N) is 2. The Morgan fingerprint density at radius 1 is 1.05 bits per heavy atom. The van der Waals surface area contributed by atoms with Crippen LogP contribution in [0.1, 0.15) is 23.2 Å². The third-order valence-corrected chi connectivity index (χ3v) is 3.06. The lowest BCUT2D eigenvalue weighted by molar-refractivity contribution is -0.153. The molecule has 0 saturated heterocycles. The van der Waals surface area contributed by atoms with Crippen molar-refractivity contribution < 1.29 is 19.1 Å². The third kappa shape index (κ3) is 1.92. The second-order valence-corrected chi connectivity index (χ2v) is 3.94. The maximum Gasteiger partial charge on any atom is 0.335 e. The van der Waals surface area contributed by atoms with Crippen LogP contribution in [-0.2, 0) is 19.1 Å². The second-order valence-electron chi connectivity index (χ2n) is 3.94. The summed E-state index contributed by atoms with van der Waals surface area (Å²) in [4.78, 5) is 34.6. The van der Waals surface area contributed by atoms with Crippen molar-refractivity contribution in [1.29, 1.82) is 0 Å². The van der Waals surface area contributed by atoms with E-state index in [2.05, 4.69) is 14.8 Å². The van der Waals surface area contributed by atoms with E-state index in [4.69, 9.17) is 0 Å². The van der Waals surface area contributed by atoms with Gasteiger partial charge in [0.15, 0.2) is 12.1 Å². The van der Waals surface area contributed by atoms with Crippen molar-refractivity contribution in [3.05, 3.63) is 40.3 Å². The lowest BCUT2D eigenvalue weighted by atomic mass is 10.0. The smallest absolute Gasteiger partial charge is 0.335 e. The van der Waals surface area contributed by atoms with Gasteiger partial charge in [0, 0.05) is 0 Å².